The van der Waals surface area contributed by atoms with Gasteiger partial charge < -0.3 is 9.52 Å². The van der Waals surface area contributed by atoms with Crippen LogP contribution in [-0.2, 0) is 0 Å². The number of furan rings is 1. The molecule has 1 aliphatic rings. The average Bonchev–Trinajstić information content (AvgIpc) is 3.19. The van der Waals surface area contributed by atoms with Crippen molar-refractivity contribution in [3.05, 3.63) is 65.5 Å². The zero-order valence-corrected chi connectivity index (χ0v) is 11.2. The number of aromatic nitrogens is 1. The molecule has 0 saturated heterocycles. The number of pyridine rings is 1. The molecule has 2 aromatic heterocycles. The lowest BCUT2D eigenvalue weighted by molar-refractivity contribution is 0.0690. The van der Waals surface area contributed by atoms with Crippen molar-refractivity contribution in [3.8, 4) is 0 Å². The van der Waals surface area contributed by atoms with Crippen molar-refractivity contribution in [1.29, 1.82) is 0 Å². The van der Waals surface area contributed by atoms with E-state index >= 15 is 0 Å². The number of hydrogen-bond donors (Lipinski definition) is 1. The topological polar surface area (TPSA) is 63.3 Å². The molecule has 1 aromatic carbocycles. The molecule has 0 radical (unpaired) electrons. The predicted molar refractivity (Wildman–Crippen MR) is 77.5 cm³/mol. The molecular formula is C17H13NO3. The highest BCUT2D eigenvalue weighted by Gasteiger charge is 2.41. The highest BCUT2D eigenvalue weighted by molar-refractivity contribution is 5.88. The van der Waals surface area contributed by atoms with Crippen LogP contribution in [-0.4, -0.2) is 16.1 Å². The zero-order chi connectivity index (χ0) is 14.4. The molecule has 1 aliphatic carbocycles. The van der Waals surface area contributed by atoms with Gasteiger partial charge in [-0.25, -0.2) is 9.78 Å². The van der Waals surface area contributed by atoms with E-state index in [1.807, 2.05) is 24.3 Å². The normalized spacial score (nSPS) is 20.6. The van der Waals surface area contributed by atoms with Crippen molar-refractivity contribution >= 4 is 17.1 Å². The smallest absolute Gasteiger partial charge is 0.354 e. The first kappa shape index (κ1) is 12.1. The zero-order valence-electron chi connectivity index (χ0n) is 11.2. The molecule has 0 unspecified atom stereocenters. The van der Waals surface area contributed by atoms with Gasteiger partial charge in [0.15, 0.2) is 5.69 Å². The van der Waals surface area contributed by atoms with E-state index in [-0.39, 0.29) is 5.69 Å². The SMILES string of the molecule is O=C(O)c1ccc2cc([C@@H]3C[C@H]3c3ccccc3)oc2n1. The number of hydrogen-bond acceptors (Lipinski definition) is 3. The van der Waals surface area contributed by atoms with Crippen LogP contribution in [0.2, 0.25) is 0 Å². The summed E-state index contributed by atoms with van der Waals surface area (Å²) in [5, 5.41) is 9.81. The van der Waals surface area contributed by atoms with Gasteiger partial charge in [0.25, 0.3) is 0 Å². The first-order chi connectivity index (χ1) is 10.2. The lowest BCUT2D eigenvalue weighted by atomic mass is 10.1. The average molecular weight is 279 g/mol. The predicted octanol–water partition coefficient (Wildman–Crippen LogP) is 3.80. The fourth-order valence-electron chi connectivity index (χ4n) is 2.82. The van der Waals surface area contributed by atoms with Crippen molar-refractivity contribution < 1.29 is 14.3 Å². The van der Waals surface area contributed by atoms with Crippen LogP contribution < -0.4 is 0 Å². The molecule has 0 bridgehead atoms. The molecule has 1 fully saturated rings. The number of carboxylic acid groups (broad SMARTS) is 1. The van der Waals surface area contributed by atoms with Gasteiger partial charge >= 0.3 is 5.97 Å². The molecule has 3 aromatic rings. The van der Waals surface area contributed by atoms with E-state index < -0.39 is 5.97 Å². The Labute approximate surface area is 121 Å². The maximum absolute atomic E-state index is 10.9. The summed E-state index contributed by atoms with van der Waals surface area (Å²) in [5.41, 5.74) is 1.74. The van der Waals surface area contributed by atoms with Gasteiger partial charge in [-0.15, -0.1) is 0 Å². The molecule has 21 heavy (non-hydrogen) atoms. The summed E-state index contributed by atoms with van der Waals surface area (Å²) in [4.78, 5) is 15.0. The van der Waals surface area contributed by atoms with Crippen LogP contribution in [0.15, 0.2) is 52.9 Å². The van der Waals surface area contributed by atoms with E-state index in [4.69, 9.17) is 9.52 Å². The maximum Gasteiger partial charge on any atom is 0.354 e. The van der Waals surface area contributed by atoms with Crippen molar-refractivity contribution in [2.24, 2.45) is 0 Å². The summed E-state index contributed by atoms with van der Waals surface area (Å²) in [6.45, 7) is 0. The second-order valence-electron chi connectivity index (χ2n) is 5.40. The van der Waals surface area contributed by atoms with Crippen LogP contribution in [0.1, 0.15) is 40.1 Å². The van der Waals surface area contributed by atoms with E-state index in [1.54, 1.807) is 6.07 Å². The lowest BCUT2D eigenvalue weighted by Gasteiger charge is -1.97. The van der Waals surface area contributed by atoms with Gasteiger partial charge in [0.2, 0.25) is 5.71 Å². The van der Waals surface area contributed by atoms with E-state index in [0.29, 0.717) is 17.5 Å². The summed E-state index contributed by atoms with van der Waals surface area (Å²) in [5.74, 6) is 0.720. The summed E-state index contributed by atoms with van der Waals surface area (Å²) in [6.07, 6.45) is 1.07. The minimum absolute atomic E-state index is 0.0128. The first-order valence-electron chi connectivity index (χ1n) is 6.91. The van der Waals surface area contributed by atoms with Crippen LogP contribution in [0.25, 0.3) is 11.1 Å². The molecule has 2 atom stereocenters. The Hall–Kier alpha value is -2.62. The number of carboxylic acids is 1. The van der Waals surface area contributed by atoms with Crippen molar-refractivity contribution in [2.75, 3.05) is 0 Å². The van der Waals surface area contributed by atoms with E-state index in [2.05, 4.69) is 17.1 Å². The van der Waals surface area contributed by atoms with Crippen LogP contribution in [0, 0.1) is 0 Å². The van der Waals surface area contributed by atoms with Crippen LogP contribution in [0.4, 0.5) is 0 Å². The van der Waals surface area contributed by atoms with Gasteiger partial charge in [-0.1, -0.05) is 30.3 Å². The Kier molecular flexibility index (Phi) is 2.57. The Morgan fingerprint density at radius 3 is 2.71 bits per heavy atom. The van der Waals surface area contributed by atoms with Gasteiger partial charge in [0.1, 0.15) is 5.76 Å². The van der Waals surface area contributed by atoms with Gasteiger partial charge in [-0.2, -0.15) is 0 Å². The lowest BCUT2D eigenvalue weighted by Crippen LogP contribution is -1.98. The van der Waals surface area contributed by atoms with Crippen LogP contribution in [0.3, 0.4) is 0 Å². The second-order valence-corrected chi connectivity index (χ2v) is 5.40. The third-order valence-electron chi connectivity index (χ3n) is 4.00. The van der Waals surface area contributed by atoms with Gasteiger partial charge in [-0.05, 0) is 36.1 Å². The molecule has 4 nitrogen and oxygen atoms in total. The van der Waals surface area contributed by atoms with Crippen molar-refractivity contribution in [3.63, 3.8) is 0 Å². The largest absolute Gasteiger partial charge is 0.477 e. The quantitative estimate of drug-likeness (QED) is 0.792. The third kappa shape index (κ3) is 2.09. The molecule has 2 heterocycles. The number of rotatable bonds is 3. The van der Waals surface area contributed by atoms with E-state index in [1.165, 1.54) is 11.6 Å². The van der Waals surface area contributed by atoms with Gasteiger partial charge in [0.05, 0.1) is 0 Å². The Balaban J connectivity index is 1.65. The first-order valence-corrected chi connectivity index (χ1v) is 6.91. The van der Waals surface area contributed by atoms with Crippen molar-refractivity contribution in [2.45, 2.75) is 18.3 Å². The summed E-state index contributed by atoms with van der Waals surface area (Å²) in [6, 6.07) is 15.6. The van der Waals surface area contributed by atoms with Crippen molar-refractivity contribution in [1.82, 2.24) is 4.98 Å². The molecule has 0 amide bonds. The van der Waals surface area contributed by atoms with Crippen LogP contribution >= 0.6 is 0 Å². The Bertz CT molecular complexity index is 822. The molecule has 0 aliphatic heterocycles. The highest BCUT2D eigenvalue weighted by Crippen LogP contribution is 2.55. The highest BCUT2D eigenvalue weighted by atomic mass is 16.4. The molecular weight excluding hydrogens is 266 g/mol. The number of fused-ring (bicyclic) bond motifs is 1. The number of benzene rings is 1. The van der Waals surface area contributed by atoms with Gasteiger partial charge in [0, 0.05) is 11.3 Å². The summed E-state index contributed by atoms with van der Waals surface area (Å²) < 4.78 is 5.76. The van der Waals surface area contributed by atoms with Crippen LogP contribution in [0.5, 0.6) is 0 Å². The number of nitrogens with zero attached hydrogens (tertiary/aromatic N) is 1. The molecule has 4 rings (SSSR count). The summed E-state index contributed by atoms with van der Waals surface area (Å²) >= 11 is 0. The van der Waals surface area contributed by atoms with E-state index in [9.17, 15) is 4.79 Å². The Morgan fingerprint density at radius 1 is 1.14 bits per heavy atom. The molecule has 104 valence electrons. The minimum Gasteiger partial charge on any atom is -0.477 e. The monoisotopic (exact) mass is 279 g/mol. The third-order valence-corrected chi connectivity index (χ3v) is 4.00. The number of aromatic carboxylic acids is 1. The fourth-order valence-corrected chi connectivity index (χ4v) is 2.82. The molecule has 4 heteroatoms. The standard InChI is InChI=1S/C17H13NO3/c19-17(20)14-7-6-11-8-15(21-16(11)18-14)13-9-12(13)10-4-2-1-3-5-10/h1-8,12-13H,9H2,(H,19,20)/t12-,13+/m0/s1. The number of carbonyl (C=O) groups is 1. The molecule has 1 N–H and O–H groups in total. The molecule has 1 saturated carbocycles. The summed E-state index contributed by atoms with van der Waals surface area (Å²) in [7, 11) is 0. The fraction of sp³-hybridized carbons (Fsp3) is 0.176. The van der Waals surface area contributed by atoms with E-state index in [0.717, 1.165) is 17.6 Å². The Morgan fingerprint density at radius 2 is 1.95 bits per heavy atom. The van der Waals surface area contributed by atoms with Gasteiger partial charge in [-0.3, -0.25) is 0 Å². The maximum atomic E-state index is 10.9. The second kappa shape index (κ2) is 4.45. The minimum atomic E-state index is -1.04. The molecule has 0 spiro atoms.